The zero-order valence-corrected chi connectivity index (χ0v) is 10.7. The second kappa shape index (κ2) is 8.49. The molecule has 1 aromatic carbocycles. The van der Waals surface area contributed by atoms with Crippen LogP contribution in [0.2, 0.25) is 0 Å². The third kappa shape index (κ3) is 6.22. The molecule has 1 aromatic rings. The molecule has 5 nitrogen and oxygen atoms in total. The number of primary amides is 1. The molecule has 0 bridgehead atoms. The highest BCUT2D eigenvalue weighted by Gasteiger charge is 2.15. The molecule has 1 atom stereocenters. The minimum absolute atomic E-state index is 0. The molecule has 0 saturated carbocycles. The van der Waals surface area contributed by atoms with E-state index in [-0.39, 0.29) is 31.9 Å². The Labute approximate surface area is 112 Å². The monoisotopic (exact) mass is 272 g/mol. The fourth-order valence-electron chi connectivity index (χ4n) is 1.25. The molecular formula is C12H17ClN2O3. The molecule has 0 aliphatic heterocycles. The number of nitrogens with two attached hydrogens (primary N) is 2. The fraction of sp³-hybridized carbons (Fsp3) is 0.333. The standard InChI is InChI=1S/C12H16N2O3.ClH/c13-10(6-7-11(14)15)12(16)17-8-9-4-2-1-3-5-9;/h1-5,10H,6-8,13H2,(H2,14,15);1H/t10-;/m0./s1. The number of hydrogen-bond acceptors (Lipinski definition) is 4. The minimum Gasteiger partial charge on any atom is -0.460 e. The molecule has 0 fully saturated rings. The zero-order chi connectivity index (χ0) is 12.7. The third-order valence-electron chi connectivity index (χ3n) is 2.23. The second-order valence-electron chi connectivity index (χ2n) is 3.70. The molecule has 0 unspecified atom stereocenters. The van der Waals surface area contributed by atoms with Crippen LogP contribution in [-0.2, 0) is 20.9 Å². The Morgan fingerprint density at radius 3 is 2.39 bits per heavy atom. The number of esters is 1. The Kier molecular flexibility index (Phi) is 7.74. The van der Waals surface area contributed by atoms with Crippen LogP contribution < -0.4 is 11.5 Å². The topological polar surface area (TPSA) is 95.4 Å². The van der Waals surface area contributed by atoms with Crippen molar-refractivity contribution in [3.8, 4) is 0 Å². The number of carbonyl (C=O) groups is 2. The first-order chi connectivity index (χ1) is 8.09. The van der Waals surface area contributed by atoms with Gasteiger partial charge in [0.15, 0.2) is 0 Å². The number of ether oxygens (including phenoxy) is 1. The predicted molar refractivity (Wildman–Crippen MR) is 69.9 cm³/mol. The summed E-state index contributed by atoms with van der Waals surface area (Å²) in [6, 6.07) is 8.49. The van der Waals surface area contributed by atoms with E-state index in [9.17, 15) is 9.59 Å². The molecule has 0 aliphatic rings. The van der Waals surface area contributed by atoms with E-state index < -0.39 is 17.9 Å². The Bertz CT molecular complexity index is 384. The number of halogens is 1. The van der Waals surface area contributed by atoms with Crippen molar-refractivity contribution < 1.29 is 14.3 Å². The van der Waals surface area contributed by atoms with E-state index >= 15 is 0 Å². The first-order valence-electron chi connectivity index (χ1n) is 5.34. The van der Waals surface area contributed by atoms with E-state index in [4.69, 9.17) is 16.2 Å². The van der Waals surface area contributed by atoms with E-state index in [1.54, 1.807) is 0 Å². The summed E-state index contributed by atoms with van der Waals surface area (Å²) in [4.78, 5) is 21.9. The van der Waals surface area contributed by atoms with Gasteiger partial charge in [0, 0.05) is 6.42 Å². The summed E-state index contributed by atoms with van der Waals surface area (Å²) in [6.45, 7) is 0.184. The summed E-state index contributed by atoms with van der Waals surface area (Å²) >= 11 is 0. The van der Waals surface area contributed by atoms with Gasteiger partial charge in [0.25, 0.3) is 0 Å². The Morgan fingerprint density at radius 2 is 1.83 bits per heavy atom. The van der Waals surface area contributed by atoms with Gasteiger partial charge in [-0.15, -0.1) is 12.4 Å². The van der Waals surface area contributed by atoms with Crippen molar-refractivity contribution in [1.82, 2.24) is 0 Å². The molecule has 4 N–H and O–H groups in total. The van der Waals surface area contributed by atoms with E-state index in [1.165, 1.54) is 0 Å². The molecule has 100 valence electrons. The van der Waals surface area contributed by atoms with E-state index in [1.807, 2.05) is 30.3 Å². The lowest BCUT2D eigenvalue weighted by Gasteiger charge is -2.10. The molecule has 0 saturated heterocycles. The lowest BCUT2D eigenvalue weighted by atomic mass is 10.1. The molecule has 1 rings (SSSR count). The van der Waals surface area contributed by atoms with Crippen LogP contribution in [0.5, 0.6) is 0 Å². The highest BCUT2D eigenvalue weighted by Crippen LogP contribution is 2.03. The van der Waals surface area contributed by atoms with Gasteiger partial charge in [-0.05, 0) is 12.0 Å². The molecule has 0 heterocycles. The van der Waals surface area contributed by atoms with Gasteiger partial charge >= 0.3 is 5.97 Å². The quantitative estimate of drug-likeness (QED) is 0.747. The van der Waals surface area contributed by atoms with Crippen LogP contribution in [0.3, 0.4) is 0 Å². The molecule has 1 amide bonds. The van der Waals surface area contributed by atoms with Gasteiger partial charge < -0.3 is 16.2 Å². The average Bonchev–Trinajstić information content (AvgIpc) is 2.34. The smallest absolute Gasteiger partial charge is 0.323 e. The Morgan fingerprint density at radius 1 is 1.22 bits per heavy atom. The van der Waals surface area contributed by atoms with E-state index in [0.717, 1.165) is 5.56 Å². The van der Waals surface area contributed by atoms with Gasteiger partial charge in [0.05, 0.1) is 0 Å². The Balaban J connectivity index is 0.00000289. The van der Waals surface area contributed by atoms with Crippen molar-refractivity contribution in [2.75, 3.05) is 0 Å². The summed E-state index contributed by atoms with van der Waals surface area (Å²) in [5.41, 5.74) is 11.4. The van der Waals surface area contributed by atoms with E-state index in [0.29, 0.717) is 0 Å². The van der Waals surface area contributed by atoms with Crippen molar-refractivity contribution in [2.45, 2.75) is 25.5 Å². The summed E-state index contributed by atoms with van der Waals surface area (Å²) < 4.78 is 5.01. The maximum absolute atomic E-state index is 11.4. The number of carbonyl (C=O) groups excluding carboxylic acids is 2. The first-order valence-corrected chi connectivity index (χ1v) is 5.34. The maximum atomic E-state index is 11.4. The number of amides is 1. The summed E-state index contributed by atoms with van der Waals surface area (Å²) in [7, 11) is 0. The van der Waals surface area contributed by atoms with Crippen LogP contribution in [-0.4, -0.2) is 17.9 Å². The van der Waals surface area contributed by atoms with Gasteiger partial charge in [0.1, 0.15) is 12.6 Å². The lowest BCUT2D eigenvalue weighted by molar-refractivity contribution is -0.146. The van der Waals surface area contributed by atoms with Crippen molar-refractivity contribution in [3.05, 3.63) is 35.9 Å². The number of benzene rings is 1. The maximum Gasteiger partial charge on any atom is 0.323 e. The number of hydrogen-bond donors (Lipinski definition) is 2. The van der Waals surface area contributed by atoms with Gasteiger partial charge in [0.2, 0.25) is 5.91 Å². The van der Waals surface area contributed by atoms with Crippen LogP contribution in [0, 0.1) is 0 Å². The van der Waals surface area contributed by atoms with Gasteiger partial charge in [-0.25, -0.2) is 0 Å². The van der Waals surface area contributed by atoms with Crippen molar-refractivity contribution >= 4 is 24.3 Å². The molecule has 0 spiro atoms. The van der Waals surface area contributed by atoms with Crippen LogP contribution in [0.1, 0.15) is 18.4 Å². The summed E-state index contributed by atoms with van der Waals surface area (Å²) in [5.74, 6) is -0.994. The van der Waals surface area contributed by atoms with Crippen LogP contribution in [0.25, 0.3) is 0 Å². The molecular weight excluding hydrogens is 256 g/mol. The van der Waals surface area contributed by atoms with Gasteiger partial charge in [-0.2, -0.15) is 0 Å². The molecule has 18 heavy (non-hydrogen) atoms. The molecule has 0 aromatic heterocycles. The predicted octanol–water partition coefficient (Wildman–Crippen LogP) is 0.744. The molecule has 0 aliphatic carbocycles. The minimum atomic E-state index is -0.800. The average molecular weight is 273 g/mol. The van der Waals surface area contributed by atoms with Crippen LogP contribution >= 0.6 is 12.4 Å². The van der Waals surface area contributed by atoms with Gasteiger partial charge in [-0.1, -0.05) is 30.3 Å². The highest BCUT2D eigenvalue weighted by atomic mass is 35.5. The largest absolute Gasteiger partial charge is 0.460 e. The molecule has 6 heteroatoms. The zero-order valence-electron chi connectivity index (χ0n) is 9.87. The van der Waals surface area contributed by atoms with Crippen molar-refractivity contribution in [1.29, 1.82) is 0 Å². The van der Waals surface area contributed by atoms with Crippen molar-refractivity contribution in [2.24, 2.45) is 11.5 Å². The van der Waals surface area contributed by atoms with E-state index in [2.05, 4.69) is 0 Å². The fourth-order valence-corrected chi connectivity index (χ4v) is 1.25. The normalized spacial score (nSPS) is 11.2. The van der Waals surface area contributed by atoms with Crippen LogP contribution in [0.15, 0.2) is 30.3 Å². The van der Waals surface area contributed by atoms with Crippen LogP contribution in [0.4, 0.5) is 0 Å². The third-order valence-corrected chi connectivity index (χ3v) is 2.23. The Hall–Kier alpha value is -1.59. The summed E-state index contributed by atoms with van der Waals surface area (Å²) in [5, 5.41) is 0. The van der Waals surface area contributed by atoms with Gasteiger partial charge in [-0.3, -0.25) is 9.59 Å². The second-order valence-corrected chi connectivity index (χ2v) is 3.70. The lowest BCUT2D eigenvalue weighted by Crippen LogP contribution is -2.33. The van der Waals surface area contributed by atoms with Crippen molar-refractivity contribution in [3.63, 3.8) is 0 Å². The highest BCUT2D eigenvalue weighted by molar-refractivity contribution is 5.85. The number of rotatable bonds is 6. The first kappa shape index (κ1) is 16.4. The molecule has 0 radical (unpaired) electrons. The summed E-state index contributed by atoms with van der Waals surface area (Å²) in [6.07, 6.45) is 0.296. The SMILES string of the molecule is Cl.NC(=O)CC[C@H](N)C(=O)OCc1ccccc1.